The zero-order valence-electron chi connectivity index (χ0n) is 7.92. The van der Waals surface area contributed by atoms with Crippen LogP contribution in [0.5, 0.6) is 0 Å². The quantitative estimate of drug-likeness (QED) is 0.798. The third-order valence-corrected chi connectivity index (χ3v) is 2.66. The molecule has 2 aromatic rings. The second kappa shape index (κ2) is 2.79. The van der Waals surface area contributed by atoms with Crippen LogP contribution in [-0.2, 0) is 0 Å². The first-order chi connectivity index (χ1) is 7.27. The molecule has 0 aliphatic heterocycles. The van der Waals surface area contributed by atoms with Gasteiger partial charge in [0.15, 0.2) is 11.3 Å². The van der Waals surface area contributed by atoms with E-state index in [2.05, 4.69) is 10.1 Å². The topological polar surface area (TPSA) is 67.5 Å². The number of aromatic nitrogens is 3. The fourth-order valence-corrected chi connectivity index (χ4v) is 1.79. The zero-order valence-corrected chi connectivity index (χ0v) is 7.92. The Bertz CT molecular complexity index is 543. The fraction of sp³-hybridized carbons (Fsp3) is 0.300. The van der Waals surface area contributed by atoms with Gasteiger partial charge in [0.05, 0.1) is 6.20 Å². The average Bonchev–Trinajstić information content (AvgIpc) is 2.94. The molecule has 1 fully saturated rings. The molecule has 0 spiro atoms. The molecule has 0 amide bonds. The van der Waals surface area contributed by atoms with E-state index in [-0.39, 0.29) is 5.69 Å². The molecule has 3 rings (SSSR count). The third kappa shape index (κ3) is 1.20. The molecule has 0 radical (unpaired) electrons. The lowest BCUT2D eigenvalue weighted by molar-refractivity contribution is 0.0685. The van der Waals surface area contributed by atoms with Gasteiger partial charge in [-0.2, -0.15) is 5.10 Å². The Morgan fingerprint density at radius 2 is 2.33 bits per heavy atom. The molecule has 1 aliphatic carbocycles. The van der Waals surface area contributed by atoms with E-state index in [0.717, 1.165) is 18.4 Å². The van der Waals surface area contributed by atoms with E-state index in [0.29, 0.717) is 11.6 Å². The van der Waals surface area contributed by atoms with Crippen molar-refractivity contribution in [3.05, 3.63) is 29.7 Å². The Kier molecular flexibility index (Phi) is 1.56. The maximum absolute atomic E-state index is 11.2. The fourth-order valence-electron chi connectivity index (χ4n) is 1.79. The van der Waals surface area contributed by atoms with Crippen LogP contribution in [0.3, 0.4) is 0 Å². The summed E-state index contributed by atoms with van der Waals surface area (Å²) in [5, 5.41) is 13.2. The molecule has 0 bridgehead atoms. The molecule has 76 valence electrons. The van der Waals surface area contributed by atoms with E-state index >= 15 is 0 Å². The van der Waals surface area contributed by atoms with Gasteiger partial charge in [-0.25, -0.2) is 14.3 Å². The Balaban J connectivity index is 2.33. The number of hydrogen-bond donors (Lipinski definition) is 1. The second-order valence-corrected chi connectivity index (χ2v) is 3.74. The van der Waals surface area contributed by atoms with Gasteiger partial charge < -0.3 is 5.11 Å². The summed E-state index contributed by atoms with van der Waals surface area (Å²) in [6.07, 6.45) is 5.33. The van der Waals surface area contributed by atoms with Gasteiger partial charge >= 0.3 is 5.97 Å². The van der Waals surface area contributed by atoms with Crippen molar-refractivity contribution in [2.75, 3.05) is 0 Å². The minimum atomic E-state index is -0.937. The first kappa shape index (κ1) is 8.40. The number of hydrogen-bond acceptors (Lipinski definition) is 3. The summed E-state index contributed by atoms with van der Waals surface area (Å²) < 4.78 is 1.40. The SMILES string of the molecule is O=C(O)c1c(C2CC2)cnc2ccnn12. The lowest BCUT2D eigenvalue weighted by atomic mass is 10.1. The Labute approximate surface area is 85.4 Å². The molecule has 1 aliphatic rings. The van der Waals surface area contributed by atoms with Gasteiger partial charge in [0.25, 0.3) is 0 Å². The maximum Gasteiger partial charge on any atom is 0.354 e. The van der Waals surface area contributed by atoms with Crippen LogP contribution in [0.25, 0.3) is 5.65 Å². The van der Waals surface area contributed by atoms with Crippen LogP contribution < -0.4 is 0 Å². The summed E-state index contributed by atoms with van der Waals surface area (Å²) in [6.45, 7) is 0. The number of rotatable bonds is 2. The van der Waals surface area contributed by atoms with E-state index in [9.17, 15) is 9.90 Å². The first-order valence-corrected chi connectivity index (χ1v) is 4.83. The number of carboxylic acids is 1. The van der Waals surface area contributed by atoms with E-state index in [1.807, 2.05) is 0 Å². The molecule has 0 saturated heterocycles. The van der Waals surface area contributed by atoms with E-state index < -0.39 is 5.97 Å². The van der Waals surface area contributed by atoms with Gasteiger partial charge in [0, 0.05) is 17.8 Å². The predicted octanol–water partition coefficient (Wildman–Crippen LogP) is 1.30. The zero-order chi connectivity index (χ0) is 10.4. The smallest absolute Gasteiger partial charge is 0.354 e. The molecule has 2 heterocycles. The third-order valence-electron chi connectivity index (χ3n) is 2.66. The van der Waals surface area contributed by atoms with Crippen LogP contribution in [0.15, 0.2) is 18.5 Å². The number of fused-ring (bicyclic) bond motifs is 1. The maximum atomic E-state index is 11.2. The van der Waals surface area contributed by atoms with Crippen molar-refractivity contribution in [3.63, 3.8) is 0 Å². The summed E-state index contributed by atoms with van der Waals surface area (Å²) in [4.78, 5) is 15.4. The minimum Gasteiger partial charge on any atom is -0.476 e. The van der Waals surface area contributed by atoms with Gasteiger partial charge in [-0.05, 0) is 18.8 Å². The van der Waals surface area contributed by atoms with Crippen molar-refractivity contribution in [1.29, 1.82) is 0 Å². The molecule has 2 aromatic heterocycles. The highest BCUT2D eigenvalue weighted by Crippen LogP contribution is 2.41. The predicted molar refractivity (Wildman–Crippen MR) is 51.9 cm³/mol. The Hall–Kier alpha value is -1.91. The molecule has 5 heteroatoms. The number of nitrogens with zero attached hydrogens (tertiary/aromatic N) is 3. The van der Waals surface area contributed by atoms with E-state index in [4.69, 9.17) is 0 Å². The molecule has 1 N–H and O–H groups in total. The minimum absolute atomic E-state index is 0.257. The van der Waals surface area contributed by atoms with Gasteiger partial charge in [0.2, 0.25) is 0 Å². The summed E-state index contributed by atoms with van der Waals surface area (Å²) in [6, 6.07) is 1.70. The van der Waals surface area contributed by atoms with Crippen molar-refractivity contribution >= 4 is 11.6 Å². The summed E-state index contributed by atoms with van der Waals surface area (Å²) >= 11 is 0. The molecule has 1 saturated carbocycles. The second-order valence-electron chi connectivity index (χ2n) is 3.74. The average molecular weight is 203 g/mol. The van der Waals surface area contributed by atoms with Crippen LogP contribution in [0.4, 0.5) is 0 Å². The van der Waals surface area contributed by atoms with Crippen LogP contribution in [0.2, 0.25) is 0 Å². The molecular weight excluding hydrogens is 194 g/mol. The molecule has 0 atom stereocenters. The van der Waals surface area contributed by atoms with Crippen LogP contribution in [0.1, 0.15) is 34.8 Å². The number of carboxylic acid groups (broad SMARTS) is 1. The largest absolute Gasteiger partial charge is 0.476 e. The lowest BCUT2D eigenvalue weighted by Gasteiger charge is -2.05. The van der Waals surface area contributed by atoms with Crippen molar-refractivity contribution in [1.82, 2.24) is 14.6 Å². The van der Waals surface area contributed by atoms with Gasteiger partial charge in [-0.15, -0.1) is 0 Å². The molecular formula is C10H9N3O2. The highest BCUT2D eigenvalue weighted by molar-refractivity contribution is 5.88. The number of carbonyl (C=O) groups is 1. The van der Waals surface area contributed by atoms with Crippen LogP contribution >= 0.6 is 0 Å². The molecule has 0 aromatic carbocycles. The number of aromatic carboxylic acids is 1. The van der Waals surface area contributed by atoms with Crippen molar-refractivity contribution in [3.8, 4) is 0 Å². The van der Waals surface area contributed by atoms with Crippen molar-refractivity contribution in [2.45, 2.75) is 18.8 Å². The normalized spacial score (nSPS) is 15.7. The van der Waals surface area contributed by atoms with Crippen LogP contribution in [0, 0.1) is 0 Å². The highest BCUT2D eigenvalue weighted by atomic mass is 16.4. The molecule has 15 heavy (non-hydrogen) atoms. The summed E-state index contributed by atoms with van der Waals surface area (Å²) in [5.74, 6) is -0.579. The first-order valence-electron chi connectivity index (χ1n) is 4.83. The lowest BCUT2D eigenvalue weighted by Crippen LogP contribution is -2.11. The molecule has 5 nitrogen and oxygen atoms in total. The van der Waals surface area contributed by atoms with Crippen molar-refractivity contribution < 1.29 is 9.90 Å². The van der Waals surface area contributed by atoms with E-state index in [1.54, 1.807) is 18.5 Å². The standard InChI is InChI=1S/C10H9N3O2/c14-10(15)9-7(6-1-2-6)5-11-8-3-4-12-13(8)9/h3-6H,1-2H2,(H,14,15). The Morgan fingerprint density at radius 3 is 3.00 bits per heavy atom. The van der Waals surface area contributed by atoms with Crippen molar-refractivity contribution in [2.24, 2.45) is 0 Å². The molecule has 0 unspecified atom stereocenters. The van der Waals surface area contributed by atoms with Gasteiger partial charge in [0.1, 0.15) is 0 Å². The Morgan fingerprint density at radius 1 is 1.53 bits per heavy atom. The summed E-state index contributed by atoms with van der Waals surface area (Å²) in [5.41, 5.74) is 1.64. The monoisotopic (exact) mass is 203 g/mol. The summed E-state index contributed by atoms with van der Waals surface area (Å²) in [7, 11) is 0. The van der Waals surface area contributed by atoms with E-state index in [1.165, 1.54) is 4.52 Å². The van der Waals surface area contributed by atoms with Crippen LogP contribution in [-0.4, -0.2) is 25.7 Å². The van der Waals surface area contributed by atoms with Gasteiger partial charge in [-0.1, -0.05) is 0 Å². The highest BCUT2D eigenvalue weighted by Gasteiger charge is 2.30. The van der Waals surface area contributed by atoms with Gasteiger partial charge in [-0.3, -0.25) is 0 Å².